The number of thiophene rings is 1. The van der Waals surface area contributed by atoms with E-state index in [-0.39, 0.29) is 30.3 Å². The van der Waals surface area contributed by atoms with Gasteiger partial charge in [-0.25, -0.2) is 4.39 Å². The second-order valence-corrected chi connectivity index (χ2v) is 8.39. The first-order valence-corrected chi connectivity index (χ1v) is 10.7. The fraction of sp³-hybridized carbons (Fsp3) is 0.304. The number of rotatable bonds is 7. The zero-order chi connectivity index (χ0) is 21.1. The van der Waals surface area contributed by atoms with Gasteiger partial charge in [0.2, 0.25) is 5.91 Å². The molecule has 1 aliphatic heterocycles. The zero-order valence-corrected chi connectivity index (χ0v) is 17.5. The number of benzene rings is 2. The van der Waals surface area contributed by atoms with Crippen LogP contribution in [0.3, 0.4) is 0 Å². The Bertz CT molecular complexity index is 1070. The maximum atomic E-state index is 14.5. The minimum absolute atomic E-state index is 0.106. The van der Waals surface area contributed by atoms with Crippen molar-refractivity contribution in [3.8, 4) is 0 Å². The highest BCUT2D eigenvalue weighted by molar-refractivity contribution is 7.21. The Morgan fingerprint density at radius 1 is 1.23 bits per heavy atom. The molecule has 1 aliphatic rings. The number of ether oxygens (including phenoxy) is 1. The van der Waals surface area contributed by atoms with Crippen LogP contribution in [0.2, 0.25) is 0 Å². The molecule has 2 amide bonds. The number of methoxy groups -OCH3 is 1. The molecule has 1 aromatic heterocycles. The fourth-order valence-electron chi connectivity index (χ4n) is 3.89. The van der Waals surface area contributed by atoms with E-state index in [1.807, 2.05) is 30.3 Å². The summed E-state index contributed by atoms with van der Waals surface area (Å²) in [6.07, 6.45) is 1.38. The number of hydrogen-bond acceptors (Lipinski definition) is 4. The van der Waals surface area contributed by atoms with Gasteiger partial charge in [0, 0.05) is 42.3 Å². The molecule has 0 saturated carbocycles. The number of carbonyl (C=O) groups excluding carboxylic acids is 2. The molecule has 5 nitrogen and oxygen atoms in total. The molecule has 0 bridgehead atoms. The van der Waals surface area contributed by atoms with Gasteiger partial charge in [0.05, 0.1) is 17.5 Å². The van der Waals surface area contributed by atoms with E-state index in [0.717, 1.165) is 12.0 Å². The molecule has 0 aliphatic carbocycles. The van der Waals surface area contributed by atoms with Gasteiger partial charge in [-0.3, -0.25) is 9.59 Å². The van der Waals surface area contributed by atoms with Crippen LogP contribution in [-0.4, -0.2) is 36.9 Å². The first-order valence-electron chi connectivity index (χ1n) is 9.91. The Morgan fingerprint density at radius 2 is 2.03 bits per heavy atom. The van der Waals surface area contributed by atoms with Gasteiger partial charge in [0.25, 0.3) is 5.91 Å². The van der Waals surface area contributed by atoms with Gasteiger partial charge in [-0.05, 0) is 24.1 Å². The SMILES string of the molecule is COCc1c(C(=O)NC(CN2CCCC2=O)c2ccccc2)sc2cccc(F)c12. The third-order valence-corrected chi connectivity index (χ3v) is 6.54. The highest BCUT2D eigenvalue weighted by atomic mass is 32.1. The van der Waals surface area contributed by atoms with Crippen LogP contribution in [-0.2, 0) is 16.1 Å². The standard InChI is InChI=1S/C23H23FN2O3S/c1-29-14-16-21-17(24)9-5-10-19(21)30-22(16)23(28)25-18(15-7-3-2-4-8-15)13-26-12-6-11-20(26)27/h2-5,7-10,18H,6,11-14H2,1H3,(H,25,28). The summed E-state index contributed by atoms with van der Waals surface area (Å²) in [5.74, 6) is -0.547. The Hall–Kier alpha value is -2.77. The fourth-order valence-corrected chi connectivity index (χ4v) is 5.02. The molecular weight excluding hydrogens is 403 g/mol. The maximum Gasteiger partial charge on any atom is 0.262 e. The summed E-state index contributed by atoms with van der Waals surface area (Å²) in [5.41, 5.74) is 1.48. The lowest BCUT2D eigenvalue weighted by Gasteiger charge is -2.25. The van der Waals surface area contributed by atoms with Crippen LogP contribution < -0.4 is 5.32 Å². The van der Waals surface area contributed by atoms with Gasteiger partial charge < -0.3 is 15.0 Å². The normalized spacial score (nSPS) is 15.0. The van der Waals surface area contributed by atoms with Crippen molar-refractivity contribution >= 4 is 33.2 Å². The first kappa shape index (κ1) is 20.5. The molecular formula is C23H23FN2O3S. The van der Waals surface area contributed by atoms with Crippen LogP contribution >= 0.6 is 11.3 Å². The van der Waals surface area contributed by atoms with Crippen molar-refractivity contribution < 1.29 is 18.7 Å². The second kappa shape index (κ2) is 8.93. The van der Waals surface area contributed by atoms with Gasteiger partial charge in [-0.15, -0.1) is 11.3 Å². The highest BCUT2D eigenvalue weighted by Crippen LogP contribution is 2.34. The number of hydrogen-bond donors (Lipinski definition) is 1. The highest BCUT2D eigenvalue weighted by Gasteiger charge is 2.27. The number of likely N-dealkylation sites (tertiary alicyclic amines) is 1. The van der Waals surface area contributed by atoms with Crippen LogP contribution in [0.25, 0.3) is 10.1 Å². The van der Waals surface area contributed by atoms with Crippen LogP contribution in [0.15, 0.2) is 48.5 Å². The maximum absolute atomic E-state index is 14.5. The predicted octanol–water partition coefficient (Wildman–Crippen LogP) is 4.28. The Balaban J connectivity index is 1.66. The van der Waals surface area contributed by atoms with Crippen molar-refractivity contribution in [3.63, 3.8) is 0 Å². The molecule has 2 aromatic carbocycles. The lowest BCUT2D eigenvalue weighted by atomic mass is 10.1. The average Bonchev–Trinajstić information content (AvgIpc) is 3.33. The summed E-state index contributed by atoms with van der Waals surface area (Å²) in [6.45, 7) is 1.25. The van der Waals surface area contributed by atoms with Gasteiger partial charge in [-0.1, -0.05) is 36.4 Å². The van der Waals surface area contributed by atoms with E-state index in [4.69, 9.17) is 4.74 Å². The monoisotopic (exact) mass is 426 g/mol. The lowest BCUT2D eigenvalue weighted by Crippen LogP contribution is -2.38. The number of fused-ring (bicyclic) bond motifs is 1. The molecule has 1 saturated heterocycles. The van der Waals surface area contributed by atoms with Crippen LogP contribution in [0.5, 0.6) is 0 Å². The zero-order valence-electron chi connectivity index (χ0n) is 16.7. The Kier molecular flexibility index (Phi) is 6.11. The molecule has 2 heterocycles. The number of nitrogens with zero attached hydrogens (tertiary/aromatic N) is 1. The summed E-state index contributed by atoms with van der Waals surface area (Å²) in [5, 5.41) is 3.51. The summed E-state index contributed by atoms with van der Waals surface area (Å²) in [6, 6.07) is 14.1. The molecule has 4 rings (SSSR count). The van der Waals surface area contributed by atoms with E-state index in [1.54, 1.807) is 17.0 Å². The van der Waals surface area contributed by atoms with Gasteiger partial charge >= 0.3 is 0 Å². The predicted molar refractivity (Wildman–Crippen MR) is 115 cm³/mol. The molecule has 156 valence electrons. The minimum atomic E-state index is -0.364. The molecule has 1 fully saturated rings. The van der Waals surface area contributed by atoms with Crippen molar-refractivity contribution in [2.75, 3.05) is 20.2 Å². The summed E-state index contributed by atoms with van der Waals surface area (Å²) in [7, 11) is 1.53. The molecule has 0 radical (unpaired) electrons. The minimum Gasteiger partial charge on any atom is -0.380 e. The molecule has 1 unspecified atom stereocenters. The van der Waals surface area contributed by atoms with Crippen LogP contribution in [0.4, 0.5) is 4.39 Å². The molecule has 30 heavy (non-hydrogen) atoms. The molecule has 1 N–H and O–H groups in total. The van der Waals surface area contributed by atoms with Gasteiger partial charge in [0.1, 0.15) is 5.82 Å². The molecule has 1 atom stereocenters. The Morgan fingerprint density at radius 3 is 2.73 bits per heavy atom. The average molecular weight is 427 g/mol. The smallest absolute Gasteiger partial charge is 0.262 e. The van der Waals surface area contributed by atoms with Crippen LogP contribution in [0.1, 0.15) is 39.7 Å². The van der Waals surface area contributed by atoms with E-state index in [1.165, 1.54) is 24.5 Å². The topological polar surface area (TPSA) is 58.6 Å². The van der Waals surface area contributed by atoms with Crippen molar-refractivity contribution in [1.82, 2.24) is 10.2 Å². The summed E-state index contributed by atoms with van der Waals surface area (Å²) < 4.78 is 20.4. The summed E-state index contributed by atoms with van der Waals surface area (Å²) in [4.78, 5) is 27.7. The lowest BCUT2D eigenvalue weighted by molar-refractivity contribution is -0.128. The van der Waals surface area contributed by atoms with Gasteiger partial charge in [-0.2, -0.15) is 0 Å². The van der Waals surface area contributed by atoms with Crippen molar-refractivity contribution in [2.24, 2.45) is 0 Å². The third-order valence-electron chi connectivity index (χ3n) is 5.34. The first-order chi connectivity index (χ1) is 14.6. The van der Waals surface area contributed by atoms with Crippen molar-refractivity contribution in [3.05, 3.63) is 70.4 Å². The van der Waals surface area contributed by atoms with Crippen molar-refractivity contribution in [1.29, 1.82) is 0 Å². The van der Waals surface area contributed by atoms with E-state index < -0.39 is 0 Å². The van der Waals surface area contributed by atoms with Crippen LogP contribution in [0, 0.1) is 5.82 Å². The second-order valence-electron chi connectivity index (χ2n) is 7.34. The third kappa shape index (κ3) is 4.08. The summed E-state index contributed by atoms with van der Waals surface area (Å²) >= 11 is 1.25. The van der Waals surface area contributed by atoms with E-state index in [2.05, 4.69) is 5.32 Å². The van der Waals surface area contributed by atoms with Gasteiger partial charge in [0.15, 0.2) is 0 Å². The van der Waals surface area contributed by atoms with E-state index in [9.17, 15) is 14.0 Å². The largest absolute Gasteiger partial charge is 0.380 e. The van der Waals surface area contributed by atoms with E-state index in [0.29, 0.717) is 40.0 Å². The quantitative estimate of drug-likeness (QED) is 0.614. The number of amides is 2. The Labute approximate surface area is 178 Å². The number of nitrogens with one attached hydrogen (secondary N) is 1. The molecule has 3 aromatic rings. The van der Waals surface area contributed by atoms with E-state index >= 15 is 0 Å². The number of carbonyl (C=O) groups is 2. The van der Waals surface area contributed by atoms with Crippen molar-refractivity contribution in [2.45, 2.75) is 25.5 Å². The number of halogens is 1. The molecule has 0 spiro atoms. The molecule has 7 heteroatoms.